The molecular weight excluding hydrogens is 334 g/mol. The molecule has 1 aromatic rings. The zero-order valence-electron chi connectivity index (χ0n) is 13.6. The van der Waals surface area contributed by atoms with E-state index in [0.717, 1.165) is 0 Å². The van der Waals surface area contributed by atoms with Crippen molar-refractivity contribution in [1.29, 1.82) is 0 Å². The van der Waals surface area contributed by atoms with Crippen LogP contribution in [0, 0.1) is 5.92 Å². The monoisotopic (exact) mass is 355 g/mol. The van der Waals surface area contributed by atoms with E-state index >= 15 is 0 Å². The Morgan fingerprint density at radius 1 is 1.33 bits per heavy atom. The van der Waals surface area contributed by atoms with Crippen LogP contribution in [0.2, 0.25) is 0 Å². The summed E-state index contributed by atoms with van der Waals surface area (Å²) < 4.78 is 29.6. The third kappa shape index (κ3) is 3.12. The number of nitrogens with one attached hydrogen (secondary N) is 2. The first-order valence-corrected chi connectivity index (χ1v) is 9.59. The van der Waals surface area contributed by atoms with Gasteiger partial charge in [0, 0.05) is 31.1 Å². The molecule has 24 heavy (non-hydrogen) atoms. The first-order valence-electron chi connectivity index (χ1n) is 7.88. The summed E-state index contributed by atoms with van der Waals surface area (Å²) >= 11 is 0. The van der Waals surface area contributed by atoms with Crippen LogP contribution in [-0.2, 0) is 9.84 Å². The van der Waals surface area contributed by atoms with Crippen molar-refractivity contribution in [1.82, 2.24) is 15.5 Å². The minimum Gasteiger partial charge on any atom is -0.472 e. The molecule has 3 amide bonds. The standard InChI is InChI=1S/C15H21N3O5S/c1-9(2)16-15(20)18-5-11-12(8-24(21,22)13(11)6-18)17-14(19)10-3-4-23-7-10/h3-4,7,9,11-13H,5-6,8H2,1-2H3,(H,16,20)(H,17,19)/t11-,12+,13-/m0/s1. The van der Waals surface area contributed by atoms with Crippen molar-refractivity contribution in [3.8, 4) is 0 Å². The molecule has 0 unspecified atom stereocenters. The van der Waals surface area contributed by atoms with Crippen LogP contribution in [0.5, 0.6) is 0 Å². The number of carbonyl (C=O) groups is 2. The van der Waals surface area contributed by atoms with Gasteiger partial charge in [0.05, 0.1) is 22.8 Å². The second-order valence-corrected chi connectivity index (χ2v) is 8.90. The Kier molecular flexibility index (Phi) is 4.29. The molecule has 2 saturated heterocycles. The van der Waals surface area contributed by atoms with Gasteiger partial charge in [-0.1, -0.05) is 0 Å². The molecule has 9 heteroatoms. The highest BCUT2D eigenvalue weighted by molar-refractivity contribution is 7.92. The van der Waals surface area contributed by atoms with Crippen LogP contribution < -0.4 is 10.6 Å². The van der Waals surface area contributed by atoms with Crippen LogP contribution in [0.1, 0.15) is 24.2 Å². The molecule has 0 radical (unpaired) electrons. The Morgan fingerprint density at radius 3 is 2.71 bits per heavy atom. The highest BCUT2D eigenvalue weighted by Gasteiger charge is 2.53. The van der Waals surface area contributed by atoms with Crippen molar-refractivity contribution < 1.29 is 22.4 Å². The van der Waals surface area contributed by atoms with E-state index in [9.17, 15) is 18.0 Å². The second kappa shape index (κ2) is 6.12. The van der Waals surface area contributed by atoms with E-state index in [2.05, 4.69) is 10.6 Å². The van der Waals surface area contributed by atoms with Gasteiger partial charge in [0.1, 0.15) is 6.26 Å². The average Bonchev–Trinajstić information content (AvgIpc) is 3.18. The van der Waals surface area contributed by atoms with E-state index < -0.39 is 21.1 Å². The Balaban J connectivity index is 1.72. The van der Waals surface area contributed by atoms with Gasteiger partial charge in [0.25, 0.3) is 5.91 Å². The smallest absolute Gasteiger partial charge is 0.317 e. The van der Waals surface area contributed by atoms with Crippen LogP contribution in [0.4, 0.5) is 4.79 Å². The molecule has 132 valence electrons. The molecule has 3 atom stereocenters. The summed E-state index contributed by atoms with van der Waals surface area (Å²) in [6.45, 7) is 4.18. The molecule has 1 aromatic heterocycles. The number of furan rings is 1. The van der Waals surface area contributed by atoms with Crippen LogP contribution in [-0.4, -0.2) is 61.4 Å². The van der Waals surface area contributed by atoms with Gasteiger partial charge >= 0.3 is 6.03 Å². The SMILES string of the molecule is CC(C)NC(=O)N1C[C@H]2[C@H](NC(=O)c3ccoc3)CS(=O)(=O)[C@H]2C1. The topological polar surface area (TPSA) is 109 Å². The van der Waals surface area contributed by atoms with Crippen molar-refractivity contribution in [2.45, 2.75) is 31.2 Å². The third-order valence-electron chi connectivity index (χ3n) is 4.50. The quantitative estimate of drug-likeness (QED) is 0.806. The largest absolute Gasteiger partial charge is 0.472 e. The van der Waals surface area contributed by atoms with Gasteiger partial charge < -0.3 is 20.0 Å². The predicted molar refractivity (Wildman–Crippen MR) is 86.3 cm³/mol. The normalized spacial score (nSPS) is 28.0. The summed E-state index contributed by atoms with van der Waals surface area (Å²) in [6.07, 6.45) is 2.70. The van der Waals surface area contributed by atoms with Gasteiger partial charge in [0.2, 0.25) is 0 Å². The lowest BCUT2D eigenvalue weighted by Gasteiger charge is -2.22. The van der Waals surface area contributed by atoms with Crippen molar-refractivity contribution >= 4 is 21.8 Å². The third-order valence-corrected chi connectivity index (χ3v) is 6.74. The fourth-order valence-corrected chi connectivity index (χ4v) is 5.65. The number of carbonyl (C=O) groups excluding carboxylic acids is 2. The van der Waals surface area contributed by atoms with E-state index in [-0.39, 0.29) is 36.2 Å². The molecule has 2 aliphatic rings. The van der Waals surface area contributed by atoms with E-state index in [0.29, 0.717) is 12.1 Å². The minimum atomic E-state index is -3.34. The fourth-order valence-electron chi connectivity index (χ4n) is 3.36. The average molecular weight is 355 g/mol. The molecule has 3 heterocycles. The molecule has 0 bridgehead atoms. The number of sulfone groups is 1. The molecule has 0 aliphatic carbocycles. The van der Waals surface area contributed by atoms with Gasteiger partial charge in [-0.15, -0.1) is 0 Å². The van der Waals surface area contributed by atoms with Crippen LogP contribution in [0.25, 0.3) is 0 Å². The van der Waals surface area contributed by atoms with E-state index in [1.54, 1.807) is 0 Å². The zero-order chi connectivity index (χ0) is 17.5. The summed E-state index contributed by atoms with van der Waals surface area (Å²) in [5.41, 5.74) is 0.350. The van der Waals surface area contributed by atoms with Crippen LogP contribution >= 0.6 is 0 Å². The first-order chi connectivity index (χ1) is 11.3. The first kappa shape index (κ1) is 16.8. The molecule has 3 rings (SSSR count). The highest BCUT2D eigenvalue weighted by atomic mass is 32.2. The Hall–Kier alpha value is -2.03. The van der Waals surface area contributed by atoms with Crippen molar-refractivity contribution in [3.63, 3.8) is 0 Å². The molecule has 8 nitrogen and oxygen atoms in total. The molecule has 2 N–H and O–H groups in total. The molecular formula is C15H21N3O5S. The number of hydrogen-bond donors (Lipinski definition) is 2. The second-order valence-electron chi connectivity index (χ2n) is 6.63. The van der Waals surface area contributed by atoms with Gasteiger partial charge in [0.15, 0.2) is 9.84 Å². The number of nitrogens with zero attached hydrogens (tertiary/aromatic N) is 1. The fraction of sp³-hybridized carbons (Fsp3) is 0.600. The number of likely N-dealkylation sites (tertiary alicyclic amines) is 1. The van der Waals surface area contributed by atoms with Gasteiger partial charge in [-0.05, 0) is 19.9 Å². The molecule has 0 spiro atoms. The van der Waals surface area contributed by atoms with Gasteiger partial charge in [-0.25, -0.2) is 13.2 Å². The number of hydrogen-bond acceptors (Lipinski definition) is 5. The number of urea groups is 1. The Labute approximate surface area is 140 Å². The van der Waals surface area contributed by atoms with Gasteiger partial charge in [-0.2, -0.15) is 0 Å². The van der Waals surface area contributed by atoms with Crippen LogP contribution in [0.15, 0.2) is 23.0 Å². The van der Waals surface area contributed by atoms with Crippen molar-refractivity contribution in [2.24, 2.45) is 5.92 Å². The summed E-state index contributed by atoms with van der Waals surface area (Å²) in [5, 5.41) is 4.92. The number of fused-ring (bicyclic) bond motifs is 1. The summed E-state index contributed by atoms with van der Waals surface area (Å²) in [7, 11) is -3.34. The molecule has 2 fully saturated rings. The predicted octanol–water partition coefficient (Wildman–Crippen LogP) is 0.225. The summed E-state index contributed by atoms with van der Waals surface area (Å²) in [4.78, 5) is 25.8. The summed E-state index contributed by atoms with van der Waals surface area (Å²) in [5.74, 6) is -0.746. The minimum absolute atomic E-state index is 0.0221. The Bertz CT molecular complexity index is 728. The molecule has 0 aromatic carbocycles. The lowest BCUT2D eigenvalue weighted by molar-refractivity contribution is 0.0930. The molecule has 0 saturated carbocycles. The zero-order valence-corrected chi connectivity index (χ0v) is 14.4. The summed E-state index contributed by atoms with van der Waals surface area (Å²) in [6, 6.07) is 0.729. The lowest BCUT2D eigenvalue weighted by atomic mass is 10.0. The maximum atomic E-state index is 12.4. The number of amides is 3. The Morgan fingerprint density at radius 2 is 2.08 bits per heavy atom. The van der Waals surface area contributed by atoms with Crippen LogP contribution in [0.3, 0.4) is 0 Å². The van der Waals surface area contributed by atoms with E-state index in [1.807, 2.05) is 13.8 Å². The molecule has 2 aliphatic heterocycles. The number of rotatable bonds is 3. The van der Waals surface area contributed by atoms with E-state index in [1.165, 1.54) is 23.5 Å². The highest BCUT2D eigenvalue weighted by Crippen LogP contribution is 2.34. The maximum absolute atomic E-state index is 12.4. The maximum Gasteiger partial charge on any atom is 0.317 e. The van der Waals surface area contributed by atoms with E-state index in [4.69, 9.17) is 4.42 Å². The van der Waals surface area contributed by atoms with Crippen molar-refractivity contribution in [3.05, 3.63) is 24.2 Å². The van der Waals surface area contributed by atoms with Gasteiger partial charge in [-0.3, -0.25) is 4.79 Å². The van der Waals surface area contributed by atoms with Crippen molar-refractivity contribution in [2.75, 3.05) is 18.8 Å². The lowest BCUT2D eigenvalue weighted by Crippen LogP contribution is -2.45.